The molecule has 3 rings (SSSR count). The van der Waals surface area contributed by atoms with Gasteiger partial charge in [0.15, 0.2) is 0 Å². The number of rotatable bonds is 3. The number of methoxy groups -OCH3 is 1. The van der Waals surface area contributed by atoms with Crippen LogP contribution in [0.15, 0.2) is 30.3 Å². The van der Waals surface area contributed by atoms with E-state index in [4.69, 9.17) is 16.3 Å². The molecule has 0 spiro atoms. The lowest BCUT2D eigenvalue weighted by Gasteiger charge is -2.09. The minimum atomic E-state index is 0.563. The molecular formula is C15H17ClN2O. The average Bonchev–Trinajstić information content (AvgIpc) is 3.07. The van der Waals surface area contributed by atoms with Gasteiger partial charge in [0, 0.05) is 5.92 Å². The van der Waals surface area contributed by atoms with Crippen molar-refractivity contribution in [1.82, 2.24) is 9.78 Å². The lowest BCUT2D eigenvalue weighted by Crippen LogP contribution is -2.01. The summed E-state index contributed by atoms with van der Waals surface area (Å²) in [7, 11) is 1.66. The Balaban J connectivity index is 2.00. The van der Waals surface area contributed by atoms with Gasteiger partial charge in [0.25, 0.3) is 0 Å². The Morgan fingerprint density at radius 2 is 2.00 bits per heavy atom. The number of hydrogen-bond acceptors (Lipinski definition) is 2. The number of benzene rings is 1. The standard InChI is InChI=1S/C15H17ClN2O/c1-19-14-9-5-4-8-13(14)18-15(16)10-12(17-18)11-6-2-3-7-11/h4-5,8-11H,2-3,6-7H2,1H3. The molecule has 1 saturated carbocycles. The summed E-state index contributed by atoms with van der Waals surface area (Å²) < 4.78 is 7.14. The lowest BCUT2D eigenvalue weighted by atomic mass is 10.1. The Hall–Kier alpha value is -1.48. The summed E-state index contributed by atoms with van der Waals surface area (Å²) in [5, 5.41) is 5.32. The predicted octanol–water partition coefficient (Wildman–Crippen LogP) is 4.19. The van der Waals surface area contributed by atoms with Gasteiger partial charge in [0.1, 0.15) is 16.6 Å². The van der Waals surface area contributed by atoms with Crippen LogP contribution in [0.5, 0.6) is 5.75 Å². The third kappa shape index (κ3) is 2.35. The van der Waals surface area contributed by atoms with Gasteiger partial charge in [-0.1, -0.05) is 36.6 Å². The first-order valence-corrected chi connectivity index (χ1v) is 7.06. The first-order valence-electron chi connectivity index (χ1n) is 6.68. The number of nitrogens with zero attached hydrogens (tertiary/aromatic N) is 2. The fourth-order valence-corrected chi connectivity index (χ4v) is 3.01. The van der Waals surface area contributed by atoms with E-state index in [-0.39, 0.29) is 0 Å². The molecule has 4 heteroatoms. The number of ether oxygens (including phenoxy) is 1. The van der Waals surface area contributed by atoms with Gasteiger partial charge in [-0.2, -0.15) is 5.10 Å². The molecule has 19 heavy (non-hydrogen) atoms. The molecule has 1 fully saturated rings. The Bertz CT molecular complexity index is 573. The van der Waals surface area contributed by atoms with Gasteiger partial charge in [-0.05, 0) is 31.0 Å². The van der Waals surface area contributed by atoms with Crippen molar-refractivity contribution < 1.29 is 4.74 Å². The summed E-state index contributed by atoms with van der Waals surface area (Å²) in [5.41, 5.74) is 1.99. The monoisotopic (exact) mass is 276 g/mol. The zero-order valence-electron chi connectivity index (χ0n) is 11.0. The molecule has 1 aliphatic rings. The summed E-state index contributed by atoms with van der Waals surface area (Å²) in [5.74, 6) is 1.35. The van der Waals surface area contributed by atoms with Crippen molar-refractivity contribution in [1.29, 1.82) is 0 Å². The van der Waals surface area contributed by atoms with Gasteiger partial charge in [0.2, 0.25) is 0 Å². The predicted molar refractivity (Wildman–Crippen MR) is 76.3 cm³/mol. The maximum Gasteiger partial charge on any atom is 0.144 e. The molecule has 0 saturated heterocycles. The van der Waals surface area contributed by atoms with Crippen molar-refractivity contribution >= 4 is 11.6 Å². The molecule has 0 N–H and O–H groups in total. The van der Waals surface area contributed by atoms with Crippen LogP contribution in [0.4, 0.5) is 0 Å². The van der Waals surface area contributed by atoms with Crippen molar-refractivity contribution in [2.24, 2.45) is 0 Å². The van der Waals surface area contributed by atoms with Gasteiger partial charge >= 0.3 is 0 Å². The van der Waals surface area contributed by atoms with Crippen molar-refractivity contribution in [2.45, 2.75) is 31.6 Å². The van der Waals surface area contributed by atoms with Gasteiger partial charge in [-0.15, -0.1) is 0 Å². The molecule has 0 aliphatic heterocycles. The first kappa shape index (κ1) is 12.5. The zero-order valence-corrected chi connectivity index (χ0v) is 11.7. The Labute approximate surface area is 118 Å². The van der Waals surface area contributed by atoms with E-state index in [0.717, 1.165) is 17.1 Å². The molecule has 0 unspecified atom stereocenters. The van der Waals surface area contributed by atoms with E-state index >= 15 is 0 Å². The van der Waals surface area contributed by atoms with Crippen LogP contribution in [0.1, 0.15) is 37.3 Å². The van der Waals surface area contributed by atoms with Crippen LogP contribution in [0.25, 0.3) is 5.69 Å². The second kappa shape index (κ2) is 5.25. The minimum absolute atomic E-state index is 0.563. The maximum atomic E-state index is 6.33. The quantitative estimate of drug-likeness (QED) is 0.840. The van der Waals surface area contributed by atoms with E-state index in [0.29, 0.717) is 11.1 Å². The van der Waals surface area contributed by atoms with Gasteiger partial charge in [-0.3, -0.25) is 0 Å². The van der Waals surface area contributed by atoms with Crippen LogP contribution in [-0.2, 0) is 0 Å². The number of aromatic nitrogens is 2. The fourth-order valence-electron chi connectivity index (χ4n) is 2.77. The van der Waals surface area contributed by atoms with E-state index in [2.05, 4.69) is 5.10 Å². The summed E-state index contributed by atoms with van der Waals surface area (Å²) >= 11 is 6.33. The minimum Gasteiger partial charge on any atom is -0.494 e. The van der Waals surface area contributed by atoms with Crippen LogP contribution in [0, 0.1) is 0 Å². The second-order valence-electron chi connectivity index (χ2n) is 4.96. The van der Waals surface area contributed by atoms with E-state index < -0.39 is 0 Å². The van der Waals surface area contributed by atoms with E-state index in [1.54, 1.807) is 11.8 Å². The first-order chi connectivity index (χ1) is 9.29. The average molecular weight is 277 g/mol. The summed E-state index contributed by atoms with van der Waals surface area (Å²) in [4.78, 5) is 0. The van der Waals surface area contributed by atoms with Crippen LogP contribution in [0.2, 0.25) is 5.15 Å². The van der Waals surface area contributed by atoms with Crippen LogP contribution < -0.4 is 4.74 Å². The van der Waals surface area contributed by atoms with Crippen molar-refractivity contribution in [3.63, 3.8) is 0 Å². The number of para-hydroxylation sites is 2. The van der Waals surface area contributed by atoms with E-state index in [1.807, 2.05) is 30.3 Å². The smallest absolute Gasteiger partial charge is 0.144 e. The SMILES string of the molecule is COc1ccccc1-n1nc(C2CCCC2)cc1Cl. The molecule has 0 radical (unpaired) electrons. The van der Waals surface area contributed by atoms with Crippen molar-refractivity contribution in [3.8, 4) is 11.4 Å². The maximum absolute atomic E-state index is 6.33. The van der Waals surface area contributed by atoms with Gasteiger partial charge in [0.05, 0.1) is 12.8 Å². The van der Waals surface area contributed by atoms with E-state index in [9.17, 15) is 0 Å². The highest BCUT2D eigenvalue weighted by Gasteiger charge is 2.21. The molecule has 0 atom stereocenters. The Morgan fingerprint density at radius 1 is 1.26 bits per heavy atom. The third-order valence-corrected chi connectivity index (χ3v) is 4.04. The third-order valence-electron chi connectivity index (χ3n) is 3.77. The molecular weight excluding hydrogens is 260 g/mol. The fraction of sp³-hybridized carbons (Fsp3) is 0.400. The highest BCUT2D eigenvalue weighted by molar-refractivity contribution is 6.29. The molecule has 1 aromatic heterocycles. The summed E-state index contributed by atoms with van der Waals surface area (Å²) in [6.07, 6.45) is 5.03. The topological polar surface area (TPSA) is 27.1 Å². The zero-order chi connectivity index (χ0) is 13.2. The molecule has 1 aromatic carbocycles. The molecule has 0 amide bonds. The number of hydrogen-bond donors (Lipinski definition) is 0. The molecule has 100 valence electrons. The van der Waals surface area contributed by atoms with Crippen molar-refractivity contribution in [2.75, 3.05) is 7.11 Å². The molecule has 3 nitrogen and oxygen atoms in total. The largest absolute Gasteiger partial charge is 0.494 e. The van der Waals surface area contributed by atoms with Gasteiger partial charge in [-0.25, -0.2) is 4.68 Å². The summed E-state index contributed by atoms with van der Waals surface area (Å²) in [6.45, 7) is 0. The summed E-state index contributed by atoms with van der Waals surface area (Å²) in [6, 6.07) is 9.78. The van der Waals surface area contributed by atoms with E-state index in [1.165, 1.54) is 25.7 Å². The van der Waals surface area contributed by atoms with Crippen molar-refractivity contribution in [3.05, 3.63) is 41.2 Å². The van der Waals surface area contributed by atoms with Crippen LogP contribution >= 0.6 is 11.6 Å². The molecule has 0 bridgehead atoms. The molecule has 1 heterocycles. The Kier molecular flexibility index (Phi) is 3.47. The van der Waals surface area contributed by atoms with Crippen LogP contribution in [-0.4, -0.2) is 16.9 Å². The molecule has 1 aliphatic carbocycles. The van der Waals surface area contributed by atoms with Crippen LogP contribution in [0.3, 0.4) is 0 Å². The molecule has 2 aromatic rings. The Morgan fingerprint density at radius 3 is 2.74 bits per heavy atom. The second-order valence-corrected chi connectivity index (χ2v) is 5.34. The highest BCUT2D eigenvalue weighted by atomic mass is 35.5. The lowest BCUT2D eigenvalue weighted by molar-refractivity contribution is 0.411. The normalized spacial score (nSPS) is 15.9. The number of halogens is 1. The highest BCUT2D eigenvalue weighted by Crippen LogP contribution is 2.35. The van der Waals surface area contributed by atoms with Gasteiger partial charge < -0.3 is 4.74 Å².